The first-order chi connectivity index (χ1) is 17.2. The van der Waals surface area contributed by atoms with Gasteiger partial charge in [-0.25, -0.2) is 4.79 Å². The zero-order chi connectivity index (χ0) is 24.0. The van der Waals surface area contributed by atoms with Gasteiger partial charge in [0.1, 0.15) is 12.4 Å². The fourth-order valence-corrected chi connectivity index (χ4v) is 5.13. The van der Waals surface area contributed by atoms with Crippen molar-refractivity contribution >= 4 is 6.09 Å². The van der Waals surface area contributed by atoms with E-state index in [9.17, 15) is 9.90 Å². The molecule has 0 spiro atoms. The summed E-state index contributed by atoms with van der Waals surface area (Å²) in [4.78, 5) is 17.6. The van der Waals surface area contributed by atoms with Crippen LogP contribution in [0.5, 0.6) is 5.75 Å². The van der Waals surface area contributed by atoms with E-state index in [0.29, 0.717) is 19.7 Å². The molecule has 6 heteroatoms. The number of rotatable bonds is 7. The molecule has 3 aromatic carbocycles. The Morgan fingerprint density at radius 2 is 1.49 bits per heavy atom. The highest BCUT2D eigenvalue weighted by Crippen LogP contribution is 2.31. The zero-order valence-electron chi connectivity index (χ0n) is 20.1. The predicted molar refractivity (Wildman–Crippen MR) is 136 cm³/mol. The molecule has 2 aliphatic rings. The summed E-state index contributed by atoms with van der Waals surface area (Å²) in [7, 11) is 0. The maximum Gasteiger partial charge on any atom is 0.407 e. The Kier molecular flexibility index (Phi) is 7.31. The number of amides is 1. The summed E-state index contributed by atoms with van der Waals surface area (Å²) in [6, 6.07) is 27.9. The Labute approximate surface area is 207 Å². The summed E-state index contributed by atoms with van der Waals surface area (Å²) in [6.45, 7) is 5.88. The van der Waals surface area contributed by atoms with Crippen LogP contribution in [0.2, 0.25) is 0 Å². The first-order valence-corrected chi connectivity index (χ1v) is 12.4. The van der Waals surface area contributed by atoms with Crippen LogP contribution in [-0.2, 0) is 26.1 Å². The maximum absolute atomic E-state index is 11.3. The number of hydrogen-bond donors (Lipinski definition) is 1. The van der Waals surface area contributed by atoms with Gasteiger partial charge in [0.15, 0.2) is 0 Å². The highest BCUT2D eigenvalue weighted by atomic mass is 16.5. The minimum absolute atomic E-state index is 0.271. The topological polar surface area (TPSA) is 56.2 Å². The van der Waals surface area contributed by atoms with E-state index in [2.05, 4.69) is 88.7 Å². The first kappa shape index (κ1) is 23.4. The second kappa shape index (κ2) is 10.9. The molecule has 6 nitrogen and oxygen atoms in total. The van der Waals surface area contributed by atoms with Crippen molar-refractivity contribution in [2.45, 2.75) is 32.1 Å². The van der Waals surface area contributed by atoms with E-state index in [1.54, 1.807) is 0 Å². The molecule has 0 saturated carbocycles. The van der Waals surface area contributed by atoms with Crippen LogP contribution in [0.25, 0.3) is 0 Å². The summed E-state index contributed by atoms with van der Waals surface area (Å²) >= 11 is 0. The number of hydrogen-bond acceptors (Lipinski definition) is 4. The lowest BCUT2D eigenvalue weighted by atomic mass is 9.95. The largest absolute Gasteiger partial charge is 0.492 e. The normalized spacial score (nSPS) is 18.2. The van der Waals surface area contributed by atoms with Gasteiger partial charge < -0.3 is 14.7 Å². The van der Waals surface area contributed by atoms with Gasteiger partial charge in [0.25, 0.3) is 0 Å². The molecule has 5 rings (SSSR count). The third-order valence-electron chi connectivity index (χ3n) is 7.11. The minimum atomic E-state index is -0.824. The minimum Gasteiger partial charge on any atom is -0.492 e. The number of piperazine rings is 1. The van der Waals surface area contributed by atoms with E-state index in [1.807, 2.05) is 0 Å². The summed E-state index contributed by atoms with van der Waals surface area (Å²) in [5.41, 5.74) is 5.18. The number of carboxylic acid groups (broad SMARTS) is 1. The zero-order valence-corrected chi connectivity index (χ0v) is 20.1. The van der Waals surface area contributed by atoms with E-state index >= 15 is 0 Å². The van der Waals surface area contributed by atoms with E-state index < -0.39 is 6.09 Å². The van der Waals surface area contributed by atoms with Crippen LogP contribution >= 0.6 is 0 Å². The Hall–Kier alpha value is -3.35. The molecule has 1 saturated heterocycles. The van der Waals surface area contributed by atoms with E-state index in [4.69, 9.17) is 4.74 Å². The quantitative estimate of drug-likeness (QED) is 0.550. The SMILES string of the molecule is O=C(O)N1CCN(Cc2cccc3c2C[C@H](N(Cc2ccccc2)Cc2ccccc2)CO3)CC1. The second-order valence-corrected chi connectivity index (χ2v) is 9.48. The van der Waals surface area contributed by atoms with Crippen LogP contribution in [0, 0.1) is 0 Å². The van der Waals surface area contributed by atoms with E-state index in [1.165, 1.54) is 27.2 Å². The van der Waals surface area contributed by atoms with Gasteiger partial charge >= 0.3 is 6.09 Å². The maximum atomic E-state index is 11.3. The van der Waals surface area contributed by atoms with Gasteiger partial charge in [-0.05, 0) is 29.2 Å². The lowest BCUT2D eigenvalue weighted by molar-refractivity contribution is 0.0992. The van der Waals surface area contributed by atoms with Crippen molar-refractivity contribution in [1.29, 1.82) is 0 Å². The van der Waals surface area contributed by atoms with Gasteiger partial charge in [-0.1, -0.05) is 72.8 Å². The predicted octanol–water partition coefficient (Wildman–Crippen LogP) is 4.49. The molecule has 1 amide bonds. The number of carbonyl (C=O) groups is 1. The van der Waals surface area contributed by atoms with Crippen LogP contribution in [0.4, 0.5) is 4.79 Å². The molecule has 0 aromatic heterocycles. The molecule has 0 unspecified atom stereocenters. The summed E-state index contributed by atoms with van der Waals surface area (Å²) in [5, 5.41) is 9.25. The van der Waals surface area contributed by atoms with Crippen molar-refractivity contribution in [1.82, 2.24) is 14.7 Å². The second-order valence-electron chi connectivity index (χ2n) is 9.48. The molecular weight excluding hydrogens is 438 g/mol. The van der Waals surface area contributed by atoms with Gasteiger partial charge in [-0.2, -0.15) is 0 Å². The molecular formula is C29H33N3O3. The molecule has 2 heterocycles. The Bertz CT molecular complexity index is 1070. The number of ether oxygens (including phenoxy) is 1. The standard InChI is InChI=1S/C29H33N3O3/c33-29(34)31-16-14-30(15-17-31)21-25-12-7-13-28-27(25)18-26(22-35-28)32(19-23-8-3-1-4-9-23)20-24-10-5-2-6-11-24/h1-13,26H,14-22H2,(H,33,34)/t26-/m0/s1. The lowest BCUT2D eigenvalue weighted by Gasteiger charge is -2.37. The summed E-state index contributed by atoms with van der Waals surface area (Å²) in [5.74, 6) is 0.988. The molecule has 3 aromatic rings. The first-order valence-electron chi connectivity index (χ1n) is 12.4. The van der Waals surface area contributed by atoms with Gasteiger partial charge in [-0.15, -0.1) is 0 Å². The van der Waals surface area contributed by atoms with Gasteiger partial charge in [0.05, 0.1) is 0 Å². The Morgan fingerprint density at radius 1 is 0.857 bits per heavy atom. The fourth-order valence-electron chi connectivity index (χ4n) is 5.13. The van der Waals surface area contributed by atoms with E-state index in [-0.39, 0.29) is 6.04 Å². The van der Waals surface area contributed by atoms with E-state index in [0.717, 1.165) is 44.9 Å². The van der Waals surface area contributed by atoms with Gasteiger partial charge in [-0.3, -0.25) is 9.80 Å². The monoisotopic (exact) mass is 471 g/mol. The van der Waals surface area contributed by atoms with Crippen molar-refractivity contribution < 1.29 is 14.6 Å². The lowest BCUT2D eigenvalue weighted by Crippen LogP contribution is -2.48. The molecule has 1 atom stereocenters. The summed E-state index contributed by atoms with van der Waals surface area (Å²) < 4.78 is 6.32. The average Bonchev–Trinajstić information content (AvgIpc) is 2.90. The smallest absolute Gasteiger partial charge is 0.407 e. The third-order valence-corrected chi connectivity index (χ3v) is 7.11. The van der Waals surface area contributed by atoms with Crippen LogP contribution in [-0.4, -0.2) is 64.7 Å². The molecule has 182 valence electrons. The van der Waals surface area contributed by atoms with Crippen molar-refractivity contribution in [3.63, 3.8) is 0 Å². The highest BCUT2D eigenvalue weighted by molar-refractivity contribution is 5.65. The van der Waals surface area contributed by atoms with Crippen molar-refractivity contribution in [2.24, 2.45) is 0 Å². The average molecular weight is 472 g/mol. The fraction of sp³-hybridized carbons (Fsp3) is 0.345. The van der Waals surface area contributed by atoms with Crippen LogP contribution in [0.15, 0.2) is 78.9 Å². The number of fused-ring (bicyclic) bond motifs is 1. The van der Waals surface area contributed by atoms with Gasteiger partial charge in [0, 0.05) is 57.4 Å². The van der Waals surface area contributed by atoms with Crippen LogP contribution in [0.1, 0.15) is 22.3 Å². The molecule has 0 radical (unpaired) electrons. The molecule has 1 N–H and O–H groups in total. The molecule has 0 aliphatic carbocycles. The van der Waals surface area contributed by atoms with Crippen molar-refractivity contribution in [2.75, 3.05) is 32.8 Å². The number of benzene rings is 3. The van der Waals surface area contributed by atoms with Crippen LogP contribution in [0.3, 0.4) is 0 Å². The highest BCUT2D eigenvalue weighted by Gasteiger charge is 2.28. The van der Waals surface area contributed by atoms with Crippen molar-refractivity contribution in [3.05, 3.63) is 101 Å². The Morgan fingerprint density at radius 3 is 2.09 bits per heavy atom. The Balaban J connectivity index is 1.33. The molecule has 35 heavy (non-hydrogen) atoms. The van der Waals surface area contributed by atoms with Crippen LogP contribution < -0.4 is 4.74 Å². The van der Waals surface area contributed by atoms with Crippen molar-refractivity contribution in [3.8, 4) is 5.75 Å². The molecule has 1 fully saturated rings. The molecule has 2 aliphatic heterocycles. The molecule has 0 bridgehead atoms. The number of nitrogens with zero attached hydrogens (tertiary/aromatic N) is 3. The third kappa shape index (κ3) is 5.84. The summed E-state index contributed by atoms with van der Waals surface area (Å²) in [6.07, 6.45) is 0.121. The van der Waals surface area contributed by atoms with Gasteiger partial charge in [0.2, 0.25) is 0 Å².